The van der Waals surface area contributed by atoms with Crippen LogP contribution in [-0.2, 0) is 0 Å². The van der Waals surface area contributed by atoms with Crippen LogP contribution in [0, 0.1) is 3.57 Å². The average Bonchev–Trinajstić information content (AvgIpc) is 2.10. The number of aromatic amines is 1. The molecule has 0 radical (unpaired) electrons. The van der Waals surface area contributed by atoms with Crippen LogP contribution in [-0.4, -0.2) is 35.3 Å². The average molecular weight is 295 g/mol. The van der Waals surface area contributed by atoms with E-state index in [4.69, 9.17) is 5.11 Å². The van der Waals surface area contributed by atoms with Crippen molar-refractivity contribution in [2.75, 3.05) is 25.1 Å². The van der Waals surface area contributed by atoms with Crippen LogP contribution in [0.1, 0.15) is 0 Å². The summed E-state index contributed by atoms with van der Waals surface area (Å²) in [5.74, 6) is 0.596. The largest absolute Gasteiger partial charge is 0.395 e. The molecule has 5 nitrogen and oxygen atoms in total. The van der Waals surface area contributed by atoms with Gasteiger partial charge in [0.2, 0.25) is 0 Å². The van der Waals surface area contributed by atoms with Crippen LogP contribution in [0.3, 0.4) is 0 Å². The van der Waals surface area contributed by atoms with Crippen molar-refractivity contribution in [3.8, 4) is 0 Å². The van der Waals surface area contributed by atoms with Crippen LogP contribution < -0.4 is 10.5 Å². The molecule has 0 aliphatic rings. The van der Waals surface area contributed by atoms with E-state index in [0.29, 0.717) is 15.9 Å². The predicted octanol–water partition coefficient (Wildman–Crippen LogP) is -0.197. The third kappa shape index (κ3) is 2.41. The number of halogens is 1. The Balaban J connectivity index is 3.00. The molecule has 0 saturated heterocycles. The van der Waals surface area contributed by atoms with Gasteiger partial charge in [0.05, 0.1) is 12.9 Å². The molecule has 0 aliphatic carbocycles. The highest BCUT2D eigenvalue weighted by Crippen LogP contribution is 2.12. The van der Waals surface area contributed by atoms with Crippen molar-refractivity contribution in [3.05, 3.63) is 20.3 Å². The van der Waals surface area contributed by atoms with Crippen LogP contribution in [0.25, 0.3) is 0 Å². The van der Waals surface area contributed by atoms with E-state index in [0.717, 1.165) is 0 Å². The van der Waals surface area contributed by atoms with Crippen molar-refractivity contribution in [2.45, 2.75) is 0 Å². The van der Waals surface area contributed by atoms with Gasteiger partial charge >= 0.3 is 0 Å². The molecule has 72 valence electrons. The van der Waals surface area contributed by atoms with E-state index in [1.165, 1.54) is 6.33 Å². The molecule has 1 heterocycles. The molecule has 0 fully saturated rings. The quantitative estimate of drug-likeness (QED) is 0.758. The number of aliphatic hydroxyl groups is 1. The summed E-state index contributed by atoms with van der Waals surface area (Å²) in [5.41, 5.74) is -0.157. The molecule has 13 heavy (non-hydrogen) atoms. The van der Waals surface area contributed by atoms with Crippen molar-refractivity contribution in [1.82, 2.24) is 9.97 Å². The molecule has 1 aromatic rings. The summed E-state index contributed by atoms with van der Waals surface area (Å²) >= 11 is 1.93. The fourth-order valence-corrected chi connectivity index (χ4v) is 1.60. The highest BCUT2D eigenvalue weighted by Gasteiger charge is 2.08. The lowest BCUT2D eigenvalue weighted by molar-refractivity contribution is 0.303. The zero-order chi connectivity index (χ0) is 9.84. The molecule has 0 aliphatic heterocycles. The highest BCUT2D eigenvalue weighted by atomic mass is 127. The topological polar surface area (TPSA) is 69.2 Å². The molecular formula is C7H10IN3O2. The fourth-order valence-electron chi connectivity index (χ4n) is 0.896. The third-order valence-electron chi connectivity index (χ3n) is 1.58. The van der Waals surface area contributed by atoms with Crippen molar-refractivity contribution in [2.24, 2.45) is 0 Å². The first kappa shape index (κ1) is 10.5. The predicted molar refractivity (Wildman–Crippen MR) is 57.9 cm³/mol. The number of nitrogens with zero attached hydrogens (tertiary/aromatic N) is 2. The van der Waals surface area contributed by atoms with Gasteiger partial charge in [-0.15, -0.1) is 0 Å². The summed E-state index contributed by atoms with van der Waals surface area (Å²) in [6, 6.07) is 0. The molecule has 0 bridgehead atoms. The van der Waals surface area contributed by atoms with E-state index in [9.17, 15) is 4.79 Å². The highest BCUT2D eigenvalue weighted by molar-refractivity contribution is 14.1. The maximum absolute atomic E-state index is 11.2. The van der Waals surface area contributed by atoms with Crippen LogP contribution in [0.5, 0.6) is 0 Å². The van der Waals surface area contributed by atoms with E-state index < -0.39 is 0 Å². The molecule has 0 spiro atoms. The number of likely N-dealkylation sites (N-methyl/N-ethyl adjacent to an activating group) is 1. The second-order valence-electron chi connectivity index (χ2n) is 2.51. The van der Waals surface area contributed by atoms with Crippen LogP contribution in [0.15, 0.2) is 11.1 Å². The zero-order valence-corrected chi connectivity index (χ0v) is 9.28. The van der Waals surface area contributed by atoms with Gasteiger partial charge in [0.15, 0.2) is 0 Å². The second kappa shape index (κ2) is 4.56. The first-order valence-electron chi connectivity index (χ1n) is 3.72. The molecule has 6 heteroatoms. The van der Waals surface area contributed by atoms with E-state index in [1.807, 2.05) is 22.6 Å². The van der Waals surface area contributed by atoms with Gasteiger partial charge in [-0.2, -0.15) is 0 Å². The third-order valence-corrected chi connectivity index (χ3v) is 2.55. The Labute approximate surface area is 88.9 Å². The number of nitrogens with one attached hydrogen (secondary N) is 1. The Morgan fingerprint density at radius 2 is 2.46 bits per heavy atom. The number of hydrogen-bond donors (Lipinski definition) is 2. The van der Waals surface area contributed by atoms with Gasteiger partial charge in [0.1, 0.15) is 9.39 Å². The summed E-state index contributed by atoms with van der Waals surface area (Å²) in [6.45, 7) is 0.507. The van der Waals surface area contributed by atoms with E-state index >= 15 is 0 Å². The number of rotatable bonds is 3. The van der Waals surface area contributed by atoms with Gasteiger partial charge in [0, 0.05) is 13.6 Å². The van der Waals surface area contributed by atoms with Crippen molar-refractivity contribution in [3.63, 3.8) is 0 Å². The van der Waals surface area contributed by atoms with E-state index in [2.05, 4.69) is 9.97 Å². The number of aromatic nitrogens is 2. The molecule has 0 unspecified atom stereocenters. The Kier molecular flexibility index (Phi) is 3.67. The van der Waals surface area contributed by atoms with Gasteiger partial charge in [-0.1, -0.05) is 0 Å². The van der Waals surface area contributed by atoms with E-state index in [1.54, 1.807) is 11.9 Å². The first-order valence-corrected chi connectivity index (χ1v) is 4.80. The maximum atomic E-state index is 11.2. The number of H-pyrrole nitrogens is 1. The monoisotopic (exact) mass is 295 g/mol. The lowest BCUT2D eigenvalue weighted by Gasteiger charge is -2.16. The van der Waals surface area contributed by atoms with Crippen molar-refractivity contribution in [1.29, 1.82) is 0 Å². The van der Waals surface area contributed by atoms with Crippen molar-refractivity contribution < 1.29 is 5.11 Å². The van der Waals surface area contributed by atoms with Gasteiger partial charge < -0.3 is 15.0 Å². The van der Waals surface area contributed by atoms with E-state index in [-0.39, 0.29) is 12.2 Å². The number of hydrogen-bond acceptors (Lipinski definition) is 4. The molecular weight excluding hydrogens is 285 g/mol. The van der Waals surface area contributed by atoms with Gasteiger partial charge in [-0.05, 0) is 22.6 Å². The molecule has 0 aromatic carbocycles. The Bertz CT molecular complexity index is 339. The summed E-state index contributed by atoms with van der Waals surface area (Å²) in [5, 5.41) is 8.70. The summed E-state index contributed by atoms with van der Waals surface area (Å²) in [6.07, 6.45) is 1.35. The number of anilines is 1. The lowest BCUT2D eigenvalue weighted by Crippen LogP contribution is -2.26. The molecule has 0 amide bonds. The van der Waals surface area contributed by atoms with Gasteiger partial charge in [-0.25, -0.2) is 4.98 Å². The Morgan fingerprint density at radius 3 is 3.08 bits per heavy atom. The normalized spacial score (nSPS) is 10.1. The molecule has 0 saturated carbocycles. The molecule has 1 aromatic heterocycles. The zero-order valence-electron chi connectivity index (χ0n) is 7.12. The van der Waals surface area contributed by atoms with Gasteiger partial charge in [-0.3, -0.25) is 4.79 Å². The Morgan fingerprint density at radius 1 is 1.77 bits per heavy atom. The first-order chi connectivity index (χ1) is 6.16. The minimum absolute atomic E-state index is 0.0427. The minimum atomic E-state index is -0.157. The smallest absolute Gasteiger partial charge is 0.266 e. The lowest BCUT2D eigenvalue weighted by atomic mass is 10.5. The fraction of sp³-hybridized carbons (Fsp3) is 0.429. The SMILES string of the molecule is CN(CCO)c1nc[nH]c(=O)c1I. The summed E-state index contributed by atoms with van der Waals surface area (Å²) in [7, 11) is 1.78. The van der Waals surface area contributed by atoms with Gasteiger partial charge in [0.25, 0.3) is 5.56 Å². The second-order valence-corrected chi connectivity index (χ2v) is 3.59. The Hall–Kier alpha value is -0.630. The van der Waals surface area contributed by atoms with Crippen LogP contribution >= 0.6 is 22.6 Å². The van der Waals surface area contributed by atoms with Crippen LogP contribution in [0.2, 0.25) is 0 Å². The maximum Gasteiger partial charge on any atom is 0.266 e. The van der Waals surface area contributed by atoms with Crippen molar-refractivity contribution >= 4 is 28.4 Å². The number of aliphatic hydroxyl groups excluding tert-OH is 1. The minimum Gasteiger partial charge on any atom is -0.395 e. The van der Waals surface area contributed by atoms with Crippen LogP contribution in [0.4, 0.5) is 5.82 Å². The summed E-state index contributed by atoms with van der Waals surface area (Å²) < 4.78 is 0.538. The molecule has 0 atom stereocenters. The molecule has 1 rings (SSSR count). The standard InChI is InChI=1S/C7H10IN3O2/c1-11(2-3-12)6-5(8)7(13)10-4-9-6/h4,12H,2-3H2,1H3,(H,9,10,13). The molecule has 2 N–H and O–H groups in total. The summed E-state index contributed by atoms with van der Waals surface area (Å²) in [4.78, 5) is 19.4.